The van der Waals surface area contributed by atoms with Gasteiger partial charge in [0.1, 0.15) is 11.4 Å². The Labute approximate surface area is 187 Å². The summed E-state index contributed by atoms with van der Waals surface area (Å²) in [6.45, 7) is 8.00. The molecule has 0 radical (unpaired) electrons. The van der Waals surface area contributed by atoms with Gasteiger partial charge in [0.25, 0.3) is 5.91 Å². The number of pyridine rings is 1. The van der Waals surface area contributed by atoms with Crippen LogP contribution in [-0.2, 0) is 11.3 Å². The minimum atomic E-state index is -0.964. The van der Waals surface area contributed by atoms with Crippen LogP contribution in [0.4, 0.5) is 16.3 Å². The molecule has 1 aromatic carbocycles. The number of fused-ring (bicyclic) bond motifs is 1. The fourth-order valence-corrected chi connectivity index (χ4v) is 4.29. The summed E-state index contributed by atoms with van der Waals surface area (Å²) in [5.41, 5.74) is 2.44. The number of anilines is 2. The van der Waals surface area contributed by atoms with Gasteiger partial charge in [-0.15, -0.1) is 0 Å². The molecule has 2 fully saturated rings. The number of nitrogens with zero attached hydrogens (tertiary/aromatic N) is 4. The first-order valence-electron chi connectivity index (χ1n) is 11.1. The molecule has 3 heterocycles. The predicted octanol–water partition coefficient (Wildman–Crippen LogP) is 4.40. The van der Waals surface area contributed by atoms with Gasteiger partial charge in [-0.25, -0.2) is 14.7 Å². The number of rotatable bonds is 6. The number of H-pyrrole nitrogens is 1. The van der Waals surface area contributed by atoms with Crippen LogP contribution in [0.3, 0.4) is 0 Å². The monoisotopic (exact) mass is 432 g/mol. The van der Waals surface area contributed by atoms with Gasteiger partial charge in [-0.1, -0.05) is 0 Å². The molecular formula is C24H28N6O2. The molecule has 1 aliphatic heterocycles. The minimum absolute atomic E-state index is 0.238. The maximum Gasteiger partial charge on any atom is 0.332 e. The van der Waals surface area contributed by atoms with Crippen LogP contribution in [0.25, 0.3) is 10.9 Å². The Hall–Kier alpha value is -3.42. The predicted molar refractivity (Wildman–Crippen MR) is 124 cm³/mol. The van der Waals surface area contributed by atoms with E-state index in [1.54, 1.807) is 24.9 Å². The number of carbonyl (C=O) groups excluding carboxylic acids is 2. The van der Waals surface area contributed by atoms with Crippen molar-refractivity contribution in [3.05, 3.63) is 47.8 Å². The summed E-state index contributed by atoms with van der Waals surface area (Å²) in [6, 6.07) is 9.38. The molecular weight excluding hydrogens is 404 g/mol. The second-order valence-electron chi connectivity index (χ2n) is 9.53. The zero-order chi connectivity index (χ0) is 22.6. The van der Waals surface area contributed by atoms with E-state index in [0.717, 1.165) is 40.8 Å². The molecule has 0 spiro atoms. The fraction of sp³-hybridized carbons (Fsp3) is 0.417. The van der Waals surface area contributed by atoms with Crippen molar-refractivity contribution in [1.29, 1.82) is 0 Å². The summed E-state index contributed by atoms with van der Waals surface area (Å²) < 4.78 is 0. The number of imide groups is 1. The molecule has 0 atom stereocenters. The summed E-state index contributed by atoms with van der Waals surface area (Å²) in [7, 11) is 0. The minimum Gasteiger partial charge on any atom is -0.368 e. The highest BCUT2D eigenvalue weighted by Crippen LogP contribution is 2.42. The molecule has 8 nitrogen and oxygen atoms in total. The van der Waals surface area contributed by atoms with Crippen LogP contribution < -0.4 is 10.2 Å². The maximum atomic E-state index is 13.4. The lowest BCUT2D eigenvalue weighted by atomic mass is 10.0. The first kappa shape index (κ1) is 20.5. The summed E-state index contributed by atoms with van der Waals surface area (Å²) in [4.78, 5) is 34.0. The number of benzene rings is 1. The summed E-state index contributed by atoms with van der Waals surface area (Å²) in [5.74, 6) is 1.04. The Morgan fingerprint density at radius 1 is 1.19 bits per heavy atom. The Kier molecular flexibility index (Phi) is 4.69. The van der Waals surface area contributed by atoms with Crippen molar-refractivity contribution in [3.63, 3.8) is 0 Å². The van der Waals surface area contributed by atoms with E-state index in [0.29, 0.717) is 18.2 Å². The normalized spacial score (nSPS) is 18.3. The lowest BCUT2D eigenvalue weighted by molar-refractivity contribution is -0.123. The van der Waals surface area contributed by atoms with Gasteiger partial charge in [0.05, 0.1) is 16.9 Å². The molecule has 5 rings (SSSR count). The number of aromatic amines is 1. The number of nitrogens with one attached hydrogen (secondary N) is 2. The van der Waals surface area contributed by atoms with Crippen LogP contribution in [0.2, 0.25) is 0 Å². The van der Waals surface area contributed by atoms with E-state index in [4.69, 9.17) is 0 Å². The quantitative estimate of drug-likeness (QED) is 0.563. The second-order valence-corrected chi connectivity index (χ2v) is 9.53. The van der Waals surface area contributed by atoms with Crippen LogP contribution in [0, 0.1) is 0 Å². The first-order valence-corrected chi connectivity index (χ1v) is 11.1. The van der Waals surface area contributed by atoms with Crippen LogP contribution in [0.15, 0.2) is 36.5 Å². The Morgan fingerprint density at radius 2 is 1.97 bits per heavy atom. The van der Waals surface area contributed by atoms with E-state index >= 15 is 0 Å². The molecule has 2 aromatic heterocycles. The largest absolute Gasteiger partial charge is 0.368 e. The van der Waals surface area contributed by atoms with E-state index in [-0.39, 0.29) is 18.0 Å². The van der Waals surface area contributed by atoms with E-state index in [2.05, 4.69) is 20.5 Å². The topological polar surface area (TPSA) is 94.2 Å². The smallest absolute Gasteiger partial charge is 0.332 e. The van der Waals surface area contributed by atoms with E-state index in [1.807, 2.05) is 44.2 Å². The summed E-state index contributed by atoms with van der Waals surface area (Å²) in [6.07, 6.45) is 4.05. The number of amides is 3. The molecule has 1 saturated heterocycles. The van der Waals surface area contributed by atoms with Gasteiger partial charge in [-0.05, 0) is 76.4 Å². The molecule has 8 heteroatoms. The van der Waals surface area contributed by atoms with Crippen LogP contribution >= 0.6 is 0 Å². The number of aromatic nitrogens is 3. The average molecular weight is 433 g/mol. The SMILES string of the molecule is CC(C)Nc1cc(CN2C(=O)N(c3ccc4c(C5CC5)n[nH]c4c3)C(=O)C2(C)C)ccn1. The van der Waals surface area contributed by atoms with Gasteiger partial charge in [0.15, 0.2) is 0 Å². The van der Waals surface area contributed by atoms with Crippen molar-refractivity contribution in [2.24, 2.45) is 0 Å². The third-order valence-corrected chi connectivity index (χ3v) is 6.22. The molecule has 0 unspecified atom stereocenters. The molecule has 0 bridgehead atoms. The van der Waals surface area contributed by atoms with Gasteiger partial charge in [0.2, 0.25) is 0 Å². The van der Waals surface area contributed by atoms with E-state index < -0.39 is 5.54 Å². The van der Waals surface area contributed by atoms with Crippen molar-refractivity contribution in [2.45, 2.75) is 64.6 Å². The molecule has 3 aromatic rings. The highest BCUT2D eigenvalue weighted by molar-refractivity contribution is 6.23. The lowest BCUT2D eigenvalue weighted by Gasteiger charge is -2.27. The third-order valence-electron chi connectivity index (χ3n) is 6.22. The zero-order valence-corrected chi connectivity index (χ0v) is 18.8. The average Bonchev–Trinajstić information content (AvgIpc) is 3.47. The lowest BCUT2D eigenvalue weighted by Crippen LogP contribution is -2.43. The van der Waals surface area contributed by atoms with Crippen LogP contribution in [0.5, 0.6) is 0 Å². The summed E-state index contributed by atoms with van der Waals surface area (Å²) >= 11 is 0. The van der Waals surface area contributed by atoms with Gasteiger partial charge in [-0.3, -0.25) is 9.89 Å². The number of urea groups is 1. The molecule has 2 aliphatic rings. The molecule has 166 valence electrons. The number of carbonyl (C=O) groups is 2. The summed E-state index contributed by atoms with van der Waals surface area (Å²) in [5, 5.41) is 11.9. The standard InChI is InChI=1S/C24H28N6O2/c1-14(2)26-20-11-15(9-10-25-20)13-29-23(32)30(22(31)24(29,3)4)17-7-8-18-19(12-17)27-28-21(18)16-5-6-16/h7-12,14,16H,5-6,13H2,1-4H3,(H,25,26)(H,27,28). The molecule has 2 N–H and O–H groups in total. The van der Waals surface area contributed by atoms with Gasteiger partial charge in [0, 0.05) is 30.1 Å². The number of hydrogen-bond donors (Lipinski definition) is 2. The highest BCUT2D eigenvalue weighted by atomic mass is 16.2. The third kappa shape index (κ3) is 3.39. The Morgan fingerprint density at radius 3 is 2.69 bits per heavy atom. The molecule has 32 heavy (non-hydrogen) atoms. The Balaban J connectivity index is 1.44. The molecule has 3 amide bonds. The first-order chi connectivity index (χ1) is 15.3. The van der Waals surface area contributed by atoms with Crippen molar-refractivity contribution in [2.75, 3.05) is 10.2 Å². The van der Waals surface area contributed by atoms with Crippen LogP contribution in [-0.4, -0.2) is 43.6 Å². The zero-order valence-electron chi connectivity index (χ0n) is 18.8. The molecule has 1 saturated carbocycles. The van der Waals surface area contributed by atoms with Gasteiger partial charge >= 0.3 is 6.03 Å². The van der Waals surface area contributed by atoms with Crippen molar-refractivity contribution in [1.82, 2.24) is 20.1 Å². The van der Waals surface area contributed by atoms with Gasteiger partial charge in [-0.2, -0.15) is 5.10 Å². The van der Waals surface area contributed by atoms with Crippen molar-refractivity contribution in [3.8, 4) is 0 Å². The van der Waals surface area contributed by atoms with E-state index in [1.165, 1.54) is 4.90 Å². The maximum absolute atomic E-state index is 13.4. The fourth-order valence-electron chi connectivity index (χ4n) is 4.29. The second kappa shape index (κ2) is 7.32. The number of hydrogen-bond acceptors (Lipinski definition) is 5. The molecule has 1 aliphatic carbocycles. The van der Waals surface area contributed by atoms with Crippen molar-refractivity contribution < 1.29 is 9.59 Å². The van der Waals surface area contributed by atoms with E-state index in [9.17, 15) is 9.59 Å². The van der Waals surface area contributed by atoms with Crippen LogP contribution in [0.1, 0.15) is 57.7 Å². The Bertz CT molecular complexity index is 1210. The highest BCUT2D eigenvalue weighted by Gasteiger charge is 2.51. The van der Waals surface area contributed by atoms with Gasteiger partial charge < -0.3 is 10.2 Å². The van der Waals surface area contributed by atoms with Crippen molar-refractivity contribution >= 4 is 34.3 Å².